The predicted octanol–water partition coefficient (Wildman–Crippen LogP) is 2.42. The monoisotopic (exact) mass is 379 g/mol. The van der Waals surface area contributed by atoms with Crippen molar-refractivity contribution in [2.75, 3.05) is 17.6 Å². The molecule has 0 spiro atoms. The number of nitrogens with zero attached hydrogens (tertiary/aromatic N) is 2. The maximum absolute atomic E-state index is 12.1. The second kappa shape index (κ2) is 7.63. The first-order valence-corrected chi connectivity index (χ1v) is 10.7. The normalized spacial score (nSPS) is 14.9. The number of amides is 1. The Labute approximate surface area is 151 Å². The molecule has 3 rings (SSSR count). The maximum atomic E-state index is 12.1. The summed E-state index contributed by atoms with van der Waals surface area (Å²) < 4.78 is 25.5. The Balaban J connectivity index is 1.59. The molecule has 2 aromatic rings. The minimum absolute atomic E-state index is 0.0759. The number of hydrogen-bond acceptors (Lipinski definition) is 5. The van der Waals surface area contributed by atoms with E-state index in [0.29, 0.717) is 37.5 Å². The predicted molar refractivity (Wildman–Crippen MR) is 99.1 cm³/mol. The lowest BCUT2D eigenvalue weighted by atomic mass is 10.1. The van der Waals surface area contributed by atoms with E-state index in [1.165, 1.54) is 15.6 Å². The third-order valence-electron chi connectivity index (χ3n) is 4.18. The number of carbonyl (C=O) groups is 1. The molecule has 0 unspecified atom stereocenters. The van der Waals surface area contributed by atoms with Gasteiger partial charge in [-0.15, -0.1) is 11.3 Å². The van der Waals surface area contributed by atoms with Gasteiger partial charge in [-0.1, -0.05) is 30.3 Å². The molecular weight excluding hydrogens is 358 g/mol. The van der Waals surface area contributed by atoms with Gasteiger partial charge in [-0.3, -0.25) is 4.79 Å². The van der Waals surface area contributed by atoms with E-state index in [0.717, 1.165) is 16.1 Å². The van der Waals surface area contributed by atoms with E-state index >= 15 is 0 Å². The molecule has 0 radical (unpaired) electrons. The standard InChI is InChI=1S/C17H21N3O3S2/c1-2-25(22,23)20-11-10-14-15(12-20)24-17(18-14)19-16(21)9-8-13-6-4-3-5-7-13/h3-7H,2,8-12H2,1H3,(H,18,19,21). The fraction of sp³-hybridized carbons (Fsp3) is 0.412. The van der Waals surface area contributed by atoms with Crippen molar-refractivity contribution in [3.05, 3.63) is 46.5 Å². The van der Waals surface area contributed by atoms with Crippen molar-refractivity contribution in [2.45, 2.75) is 32.7 Å². The van der Waals surface area contributed by atoms with Gasteiger partial charge in [-0.25, -0.2) is 13.4 Å². The van der Waals surface area contributed by atoms with Gasteiger partial charge in [0.05, 0.1) is 11.4 Å². The van der Waals surface area contributed by atoms with Gasteiger partial charge >= 0.3 is 0 Å². The molecule has 1 aromatic heterocycles. The molecule has 1 N–H and O–H groups in total. The Morgan fingerprint density at radius 3 is 2.80 bits per heavy atom. The van der Waals surface area contributed by atoms with Gasteiger partial charge in [0.2, 0.25) is 15.9 Å². The van der Waals surface area contributed by atoms with Crippen LogP contribution in [0.5, 0.6) is 0 Å². The van der Waals surface area contributed by atoms with Crippen molar-refractivity contribution in [3.63, 3.8) is 0 Å². The Morgan fingerprint density at radius 1 is 1.32 bits per heavy atom. The van der Waals surface area contributed by atoms with E-state index < -0.39 is 10.0 Å². The lowest BCUT2D eigenvalue weighted by Crippen LogP contribution is -2.36. The van der Waals surface area contributed by atoms with E-state index in [1.54, 1.807) is 6.92 Å². The van der Waals surface area contributed by atoms with Crippen molar-refractivity contribution in [2.24, 2.45) is 0 Å². The zero-order valence-corrected chi connectivity index (χ0v) is 15.7. The summed E-state index contributed by atoms with van der Waals surface area (Å²) in [5.41, 5.74) is 2.02. The first-order valence-electron chi connectivity index (χ1n) is 8.28. The first-order chi connectivity index (χ1) is 12.0. The number of benzene rings is 1. The number of hydrogen-bond donors (Lipinski definition) is 1. The van der Waals surface area contributed by atoms with Crippen LogP contribution >= 0.6 is 11.3 Å². The molecule has 1 aliphatic rings. The molecule has 0 saturated heterocycles. The van der Waals surface area contributed by atoms with Gasteiger partial charge in [-0.2, -0.15) is 4.31 Å². The summed E-state index contributed by atoms with van der Waals surface area (Å²) in [4.78, 5) is 17.5. The van der Waals surface area contributed by atoms with Crippen molar-refractivity contribution in [3.8, 4) is 0 Å². The molecule has 1 aromatic carbocycles. The van der Waals surface area contributed by atoms with E-state index in [-0.39, 0.29) is 11.7 Å². The minimum Gasteiger partial charge on any atom is -0.302 e. The third kappa shape index (κ3) is 4.45. The van der Waals surface area contributed by atoms with E-state index in [9.17, 15) is 13.2 Å². The molecule has 1 amide bonds. The smallest absolute Gasteiger partial charge is 0.226 e. The Hall–Kier alpha value is -1.77. The highest BCUT2D eigenvalue weighted by Crippen LogP contribution is 2.29. The topological polar surface area (TPSA) is 79.4 Å². The molecule has 8 heteroatoms. The summed E-state index contributed by atoms with van der Waals surface area (Å²) in [6, 6.07) is 9.86. The van der Waals surface area contributed by atoms with Gasteiger partial charge in [0.1, 0.15) is 0 Å². The van der Waals surface area contributed by atoms with Crippen molar-refractivity contribution in [1.82, 2.24) is 9.29 Å². The summed E-state index contributed by atoms with van der Waals surface area (Å²) in [5.74, 6) is 0.0255. The minimum atomic E-state index is -3.19. The van der Waals surface area contributed by atoms with Crippen LogP contribution in [0.2, 0.25) is 0 Å². The van der Waals surface area contributed by atoms with Crippen LogP contribution in [0.4, 0.5) is 5.13 Å². The highest BCUT2D eigenvalue weighted by atomic mass is 32.2. The summed E-state index contributed by atoms with van der Waals surface area (Å²) in [5, 5.41) is 3.39. The third-order valence-corrected chi connectivity index (χ3v) is 7.01. The van der Waals surface area contributed by atoms with Gasteiger partial charge < -0.3 is 5.32 Å². The van der Waals surface area contributed by atoms with E-state index in [4.69, 9.17) is 0 Å². The molecule has 0 fully saturated rings. The Bertz CT molecular complexity index is 847. The average Bonchev–Trinajstić information content (AvgIpc) is 3.02. The first kappa shape index (κ1) is 18.0. The van der Waals surface area contributed by atoms with Crippen LogP contribution in [0.1, 0.15) is 29.5 Å². The summed E-state index contributed by atoms with van der Waals surface area (Å²) in [6.07, 6.45) is 1.66. The van der Waals surface area contributed by atoms with Crippen LogP contribution in [0.15, 0.2) is 30.3 Å². The van der Waals surface area contributed by atoms with Crippen LogP contribution in [-0.2, 0) is 34.2 Å². The number of nitrogens with one attached hydrogen (secondary N) is 1. The van der Waals surface area contributed by atoms with E-state index in [2.05, 4.69) is 10.3 Å². The van der Waals surface area contributed by atoms with Crippen molar-refractivity contribution in [1.29, 1.82) is 0 Å². The largest absolute Gasteiger partial charge is 0.302 e. The Kier molecular flexibility index (Phi) is 5.51. The molecule has 0 saturated carbocycles. The molecule has 134 valence electrons. The number of anilines is 1. The summed E-state index contributed by atoms with van der Waals surface area (Å²) in [7, 11) is -3.19. The Morgan fingerprint density at radius 2 is 2.08 bits per heavy atom. The molecule has 6 nitrogen and oxygen atoms in total. The number of aryl methyl sites for hydroxylation is 1. The zero-order valence-electron chi connectivity index (χ0n) is 14.1. The number of sulfonamides is 1. The van der Waals surface area contributed by atoms with Crippen LogP contribution < -0.4 is 5.32 Å². The lowest BCUT2D eigenvalue weighted by Gasteiger charge is -2.24. The van der Waals surface area contributed by atoms with Crippen LogP contribution in [-0.4, -0.2) is 35.9 Å². The molecule has 0 bridgehead atoms. The number of aromatic nitrogens is 1. The second-order valence-electron chi connectivity index (χ2n) is 5.91. The fourth-order valence-electron chi connectivity index (χ4n) is 2.73. The van der Waals surface area contributed by atoms with Gasteiger partial charge in [0, 0.05) is 30.8 Å². The molecule has 0 atom stereocenters. The van der Waals surface area contributed by atoms with Gasteiger partial charge in [-0.05, 0) is 18.9 Å². The van der Waals surface area contributed by atoms with Gasteiger partial charge in [0.15, 0.2) is 5.13 Å². The maximum Gasteiger partial charge on any atom is 0.226 e. The quantitative estimate of drug-likeness (QED) is 0.836. The van der Waals surface area contributed by atoms with Crippen LogP contribution in [0.25, 0.3) is 0 Å². The second-order valence-corrected chi connectivity index (χ2v) is 9.25. The fourth-order valence-corrected chi connectivity index (χ4v) is 4.91. The number of fused-ring (bicyclic) bond motifs is 1. The molecule has 2 heterocycles. The summed E-state index contributed by atoms with van der Waals surface area (Å²) >= 11 is 1.37. The molecular formula is C17H21N3O3S2. The van der Waals surface area contributed by atoms with Crippen molar-refractivity contribution >= 4 is 32.4 Å². The summed E-state index contributed by atoms with van der Waals surface area (Å²) in [6.45, 7) is 2.45. The van der Waals surface area contributed by atoms with Crippen LogP contribution in [0, 0.1) is 0 Å². The highest BCUT2D eigenvalue weighted by molar-refractivity contribution is 7.89. The van der Waals surface area contributed by atoms with Gasteiger partial charge in [0.25, 0.3) is 0 Å². The highest BCUT2D eigenvalue weighted by Gasteiger charge is 2.28. The number of rotatable bonds is 6. The molecule has 0 aliphatic carbocycles. The SMILES string of the molecule is CCS(=O)(=O)N1CCc2nc(NC(=O)CCc3ccccc3)sc2C1. The molecule has 1 aliphatic heterocycles. The molecule has 25 heavy (non-hydrogen) atoms. The van der Waals surface area contributed by atoms with Crippen molar-refractivity contribution < 1.29 is 13.2 Å². The number of thiazole rings is 1. The zero-order chi connectivity index (χ0) is 17.9. The average molecular weight is 380 g/mol. The van der Waals surface area contributed by atoms with Crippen LogP contribution in [0.3, 0.4) is 0 Å². The lowest BCUT2D eigenvalue weighted by molar-refractivity contribution is -0.116. The number of carbonyl (C=O) groups excluding carboxylic acids is 1. The van der Waals surface area contributed by atoms with E-state index in [1.807, 2.05) is 30.3 Å².